The highest BCUT2D eigenvalue weighted by Gasteiger charge is 2.04. The lowest BCUT2D eigenvalue weighted by molar-refractivity contribution is -0.118. The summed E-state index contributed by atoms with van der Waals surface area (Å²) in [5, 5.41) is 0. The molecule has 0 fully saturated rings. The predicted molar refractivity (Wildman–Crippen MR) is 54.2 cm³/mol. The summed E-state index contributed by atoms with van der Waals surface area (Å²) in [4.78, 5) is 12.7. The average Bonchev–Trinajstić information content (AvgIpc) is 2.09. The van der Waals surface area contributed by atoms with Crippen LogP contribution in [0.5, 0.6) is 0 Å². The van der Waals surface area contributed by atoms with Gasteiger partial charge in [-0.3, -0.25) is 4.79 Å². The molecule has 78 valence electrons. The molecule has 4 nitrogen and oxygen atoms in total. The normalized spacial score (nSPS) is 10.7. The topological polar surface area (TPSA) is 72.3 Å². The van der Waals surface area contributed by atoms with Crippen LogP contribution < -0.4 is 11.5 Å². The highest BCUT2D eigenvalue weighted by Crippen LogP contribution is 1.95. The molecule has 0 spiro atoms. The van der Waals surface area contributed by atoms with E-state index in [-0.39, 0.29) is 5.91 Å². The van der Waals surface area contributed by atoms with Crippen molar-refractivity contribution in [3.05, 3.63) is 0 Å². The zero-order valence-corrected chi connectivity index (χ0v) is 8.46. The van der Waals surface area contributed by atoms with E-state index in [1.807, 2.05) is 0 Å². The van der Waals surface area contributed by atoms with Gasteiger partial charge in [0.15, 0.2) is 0 Å². The van der Waals surface area contributed by atoms with Crippen LogP contribution in [0.4, 0.5) is 0 Å². The molecule has 4 heteroatoms. The van der Waals surface area contributed by atoms with Gasteiger partial charge in [-0.2, -0.15) is 0 Å². The minimum absolute atomic E-state index is 0.237. The van der Waals surface area contributed by atoms with Gasteiger partial charge in [0.05, 0.1) is 0 Å². The van der Waals surface area contributed by atoms with E-state index in [4.69, 9.17) is 11.5 Å². The molecule has 0 radical (unpaired) electrons. The second-order valence-electron chi connectivity index (χ2n) is 3.20. The van der Waals surface area contributed by atoms with Gasteiger partial charge in [-0.1, -0.05) is 13.3 Å². The summed E-state index contributed by atoms with van der Waals surface area (Å²) >= 11 is 0. The molecule has 0 aliphatic carbocycles. The van der Waals surface area contributed by atoms with Crippen molar-refractivity contribution in [2.75, 3.05) is 26.2 Å². The van der Waals surface area contributed by atoms with Crippen LogP contribution in [-0.4, -0.2) is 37.0 Å². The smallest absolute Gasteiger partial charge is 0.218 e. The van der Waals surface area contributed by atoms with Gasteiger partial charge in [-0.15, -0.1) is 0 Å². The highest BCUT2D eigenvalue weighted by atomic mass is 16.1. The maximum absolute atomic E-state index is 10.5. The molecule has 0 heterocycles. The van der Waals surface area contributed by atoms with Crippen molar-refractivity contribution in [2.24, 2.45) is 11.5 Å². The number of hydrogen-bond donors (Lipinski definition) is 2. The lowest BCUT2D eigenvalue weighted by Gasteiger charge is -2.20. The van der Waals surface area contributed by atoms with Gasteiger partial charge in [0.1, 0.15) is 0 Å². The third-order valence-corrected chi connectivity index (χ3v) is 1.95. The average molecular weight is 187 g/mol. The SMILES string of the molecule is CCCCN(CCN)CCC(N)=O. The van der Waals surface area contributed by atoms with Gasteiger partial charge < -0.3 is 16.4 Å². The Labute approximate surface area is 80.3 Å². The molecule has 0 saturated carbocycles. The first kappa shape index (κ1) is 12.4. The maximum atomic E-state index is 10.5. The van der Waals surface area contributed by atoms with Crippen molar-refractivity contribution in [3.63, 3.8) is 0 Å². The molecular weight excluding hydrogens is 166 g/mol. The van der Waals surface area contributed by atoms with Crippen LogP contribution in [-0.2, 0) is 4.79 Å². The second-order valence-corrected chi connectivity index (χ2v) is 3.20. The van der Waals surface area contributed by atoms with Gasteiger partial charge in [0.2, 0.25) is 5.91 Å². The van der Waals surface area contributed by atoms with Crippen LogP contribution in [0.15, 0.2) is 0 Å². The Bertz CT molecular complexity index is 139. The van der Waals surface area contributed by atoms with Crippen LogP contribution in [0, 0.1) is 0 Å². The van der Waals surface area contributed by atoms with E-state index >= 15 is 0 Å². The summed E-state index contributed by atoms with van der Waals surface area (Å²) in [6, 6.07) is 0. The minimum Gasteiger partial charge on any atom is -0.370 e. The monoisotopic (exact) mass is 187 g/mol. The molecule has 1 amide bonds. The largest absolute Gasteiger partial charge is 0.370 e. The number of primary amides is 1. The number of hydrogen-bond acceptors (Lipinski definition) is 3. The van der Waals surface area contributed by atoms with Gasteiger partial charge in [0, 0.05) is 26.1 Å². The van der Waals surface area contributed by atoms with Gasteiger partial charge in [-0.05, 0) is 13.0 Å². The van der Waals surface area contributed by atoms with Crippen LogP contribution in [0.2, 0.25) is 0 Å². The Morgan fingerprint density at radius 3 is 2.46 bits per heavy atom. The lowest BCUT2D eigenvalue weighted by atomic mass is 10.3. The second kappa shape index (κ2) is 8.01. The van der Waals surface area contributed by atoms with Crippen molar-refractivity contribution in [3.8, 4) is 0 Å². The predicted octanol–water partition coefficient (Wildman–Crippen LogP) is -0.0774. The number of carbonyl (C=O) groups excluding carboxylic acids is 1. The Morgan fingerprint density at radius 1 is 1.31 bits per heavy atom. The zero-order valence-electron chi connectivity index (χ0n) is 8.46. The van der Waals surface area contributed by atoms with Crippen molar-refractivity contribution in [2.45, 2.75) is 26.2 Å². The first-order valence-corrected chi connectivity index (χ1v) is 4.91. The Balaban J connectivity index is 3.59. The molecule has 0 bridgehead atoms. The van der Waals surface area contributed by atoms with Gasteiger partial charge >= 0.3 is 0 Å². The molecular formula is C9H21N3O. The summed E-state index contributed by atoms with van der Waals surface area (Å²) in [6.07, 6.45) is 2.75. The molecule has 0 aliphatic heterocycles. The summed E-state index contributed by atoms with van der Waals surface area (Å²) in [5.74, 6) is -0.237. The quantitative estimate of drug-likeness (QED) is 0.558. The van der Waals surface area contributed by atoms with Crippen LogP contribution >= 0.6 is 0 Å². The molecule has 0 aliphatic rings. The third kappa shape index (κ3) is 7.74. The molecule has 0 aromatic heterocycles. The van der Waals surface area contributed by atoms with Crippen LogP contribution in [0.25, 0.3) is 0 Å². The number of amides is 1. The number of rotatable bonds is 8. The van der Waals surface area contributed by atoms with E-state index in [9.17, 15) is 4.79 Å². The Kier molecular flexibility index (Phi) is 7.63. The molecule has 0 aromatic rings. The van der Waals surface area contributed by atoms with Gasteiger partial charge in [0.25, 0.3) is 0 Å². The van der Waals surface area contributed by atoms with Crippen molar-refractivity contribution in [1.29, 1.82) is 0 Å². The molecule has 13 heavy (non-hydrogen) atoms. The van der Waals surface area contributed by atoms with Crippen molar-refractivity contribution >= 4 is 5.91 Å². The lowest BCUT2D eigenvalue weighted by Crippen LogP contribution is -2.33. The minimum atomic E-state index is -0.237. The van der Waals surface area contributed by atoms with E-state index < -0.39 is 0 Å². The standard InChI is InChI=1S/C9H21N3O/c1-2-3-6-12(8-5-10)7-4-9(11)13/h2-8,10H2,1H3,(H2,11,13). The molecule has 0 atom stereocenters. The molecule has 0 saturated heterocycles. The first-order chi connectivity index (χ1) is 6.20. The fourth-order valence-electron chi connectivity index (χ4n) is 1.17. The number of nitrogens with two attached hydrogens (primary N) is 2. The Hall–Kier alpha value is -0.610. The number of carbonyl (C=O) groups is 1. The van der Waals surface area contributed by atoms with E-state index in [0.717, 1.165) is 32.5 Å². The molecule has 4 N–H and O–H groups in total. The fourth-order valence-corrected chi connectivity index (χ4v) is 1.17. The Morgan fingerprint density at radius 2 is 2.00 bits per heavy atom. The molecule has 0 unspecified atom stereocenters. The highest BCUT2D eigenvalue weighted by molar-refractivity contribution is 5.73. The van der Waals surface area contributed by atoms with Crippen LogP contribution in [0.1, 0.15) is 26.2 Å². The number of nitrogens with zero attached hydrogens (tertiary/aromatic N) is 1. The summed E-state index contributed by atoms with van der Waals surface area (Å²) in [7, 11) is 0. The van der Waals surface area contributed by atoms with Crippen molar-refractivity contribution < 1.29 is 4.79 Å². The van der Waals surface area contributed by atoms with Gasteiger partial charge in [-0.25, -0.2) is 0 Å². The molecule has 0 rings (SSSR count). The zero-order chi connectivity index (χ0) is 10.1. The van der Waals surface area contributed by atoms with Crippen LogP contribution in [0.3, 0.4) is 0 Å². The fraction of sp³-hybridized carbons (Fsp3) is 0.889. The molecule has 0 aromatic carbocycles. The third-order valence-electron chi connectivity index (χ3n) is 1.95. The summed E-state index contributed by atoms with van der Waals surface area (Å²) < 4.78 is 0. The first-order valence-electron chi connectivity index (χ1n) is 4.91. The van der Waals surface area contributed by atoms with E-state index in [1.54, 1.807) is 0 Å². The van der Waals surface area contributed by atoms with E-state index in [2.05, 4.69) is 11.8 Å². The number of unbranched alkanes of at least 4 members (excludes halogenated alkanes) is 1. The van der Waals surface area contributed by atoms with Crippen molar-refractivity contribution in [1.82, 2.24) is 4.90 Å². The summed E-state index contributed by atoms with van der Waals surface area (Å²) in [6.45, 7) is 5.40. The van der Waals surface area contributed by atoms with E-state index in [1.165, 1.54) is 0 Å². The summed E-state index contributed by atoms with van der Waals surface area (Å²) in [5.41, 5.74) is 10.5. The van der Waals surface area contributed by atoms with E-state index in [0.29, 0.717) is 13.0 Å². The maximum Gasteiger partial charge on any atom is 0.218 e.